The summed E-state index contributed by atoms with van der Waals surface area (Å²) < 4.78 is 12.2. The van der Waals surface area contributed by atoms with Crippen LogP contribution in [-0.2, 0) is 23.2 Å². The van der Waals surface area contributed by atoms with Crippen molar-refractivity contribution in [3.05, 3.63) is 114 Å². The van der Waals surface area contributed by atoms with Gasteiger partial charge in [-0.15, -0.1) is 0 Å². The van der Waals surface area contributed by atoms with Gasteiger partial charge in [0.1, 0.15) is 22.8 Å². The third-order valence-corrected chi connectivity index (χ3v) is 8.49. The smallest absolute Gasteiger partial charge is 0.287 e. The highest BCUT2D eigenvalue weighted by Crippen LogP contribution is 2.35. The van der Waals surface area contributed by atoms with Gasteiger partial charge in [0.25, 0.3) is 5.24 Å². The molecule has 4 aromatic carbocycles. The van der Waals surface area contributed by atoms with Crippen molar-refractivity contribution in [1.82, 2.24) is 5.32 Å². The Kier molecular flexibility index (Phi) is 9.65. The van der Waals surface area contributed by atoms with Gasteiger partial charge in [0.05, 0.1) is 6.61 Å². The van der Waals surface area contributed by atoms with Gasteiger partial charge in [-0.25, -0.2) is 0 Å². The van der Waals surface area contributed by atoms with Gasteiger partial charge in [-0.1, -0.05) is 74.0 Å². The molecule has 6 heteroatoms. The Morgan fingerprint density at radius 1 is 0.714 bits per heavy atom. The van der Waals surface area contributed by atoms with Crippen LogP contribution in [0.3, 0.4) is 0 Å². The minimum Gasteiger partial charge on any atom is -0.494 e. The van der Waals surface area contributed by atoms with Crippen molar-refractivity contribution >= 4 is 22.1 Å². The number of hydrogen-bond acceptors (Lipinski definition) is 5. The van der Waals surface area contributed by atoms with E-state index in [-0.39, 0.29) is 10.4 Å². The predicted octanol–water partition coefficient (Wildman–Crippen LogP) is 9.09. The SMILES string of the molecule is CCCc1cc(Oc2ccc(-c3ccccc3)cc2)ccc1CCCCCOc1cccc(C2(C)NC(=O)SC2=O)c1. The molecule has 0 radical (unpaired) electrons. The zero-order chi connectivity index (χ0) is 29.4. The lowest BCUT2D eigenvalue weighted by molar-refractivity contribution is -0.115. The molecule has 4 aromatic rings. The summed E-state index contributed by atoms with van der Waals surface area (Å²) in [5.41, 5.74) is 4.83. The Morgan fingerprint density at radius 2 is 1.48 bits per heavy atom. The monoisotopic (exact) mass is 579 g/mol. The van der Waals surface area contributed by atoms with Gasteiger partial charge < -0.3 is 14.8 Å². The number of carbonyl (C=O) groups is 2. The molecular weight excluding hydrogens is 542 g/mol. The molecule has 42 heavy (non-hydrogen) atoms. The number of ether oxygens (including phenoxy) is 2. The van der Waals surface area contributed by atoms with Crippen molar-refractivity contribution in [2.24, 2.45) is 0 Å². The van der Waals surface area contributed by atoms with E-state index in [1.165, 1.54) is 22.3 Å². The minimum absolute atomic E-state index is 0.191. The molecule has 5 nitrogen and oxygen atoms in total. The lowest BCUT2D eigenvalue weighted by atomic mass is 9.93. The molecule has 0 bridgehead atoms. The number of aryl methyl sites for hydroxylation is 2. The third kappa shape index (κ3) is 7.24. The van der Waals surface area contributed by atoms with Gasteiger partial charge in [-0.2, -0.15) is 0 Å². The van der Waals surface area contributed by atoms with E-state index in [1.807, 2.05) is 42.5 Å². The number of nitrogens with one attached hydrogen (secondary N) is 1. The van der Waals surface area contributed by atoms with Crippen LogP contribution in [0.2, 0.25) is 0 Å². The summed E-state index contributed by atoms with van der Waals surface area (Å²) in [6.07, 6.45) is 6.21. The Balaban J connectivity index is 1.10. The highest BCUT2D eigenvalue weighted by molar-refractivity contribution is 8.26. The lowest BCUT2D eigenvalue weighted by Crippen LogP contribution is -2.39. The van der Waals surface area contributed by atoms with Gasteiger partial charge in [-0.05, 0) is 103 Å². The quantitative estimate of drug-likeness (QED) is 0.160. The fourth-order valence-corrected chi connectivity index (χ4v) is 6.03. The molecule has 1 saturated heterocycles. The maximum atomic E-state index is 12.3. The largest absolute Gasteiger partial charge is 0.494 e. The Hall–Kier alpha value is -4.03. The molecule has 1 fully saturated rings. The van der Waals surface area contributed by atoms with E-state index < -0.39 is 5.54 Å². The number of hydrogen-bond donors (Lipinski definition) is 1. The molecule has 0 spiro atoms. The number of benzene rings is 4. The van der Waals surface area contributed by atoms with Crippen LogP contribution in [0.4, 0.5) is 4.79 Å². The van der Waals surface area contributed by atoms with Crippen molar-refractivity contribution in [2.45, 2.75) is 57.9 Å². The highest BCUT2D eigenvalue weighted by atomic mass is 32.2. The molecule has 0 saturated carbocycles. The summed E-state index contributed by atoms with van der Waals surface area (Å²) in [4.78, 5) is 24.0. The maximum Gasteiger partial charge on any atom is 0.287 e. The maximum absolute atomic E-state index is 12.3. The first-order chi connectivity index (χ1) is 20.4. The van der Waals surface area contributed by atoms with Gasteiger partial charge in [0, 0.05) is 11.8 Å². The second-order valence-electron chi connectivity index (χ2n) is 10.8. The molecule has 5 rings (SSSR count). The number of rotatable bonds is 13. The zero-order valence-corrected chi connectivity index (χ0v) is 25.0. The number of amides is 1. The molecule has 1 aliphatic heterocycles. The summed E-state index contributed by atoms with van der Waals surface area (Å²) in [7, 11) is 0. The Morgan fingerprint density at radius 3 is 2.21 bits per heavy atom. The van der Waals surface area contributed by atoms with Crippen LogP contribution in [0.1, 0.15) is 56.2 Å². The normalized spacial score (nSPS) is 16.3. The molecule has 1 aliphatic rings. The molecule has 216 valence electrons. The average Bonchev–Trinajstić information content (AvgIpc) is 3.28. The van der Waals surface area contributed by atoms with Crippen LogP contribution in [0.25, 0.3) is 11.1 Å². The van der Waals surface area contributed by atoms with E-state index in [4.69, 9.17) is 9.47 Å². The van der Waals surface area contributed by atoms with Crippen molar-refractivity contribution in [2.75, 3.05) is 6.61 Å². The summed E-state index contributed by atoms with van der Waals surface area (Å²) in [6, 6.07) is 32.5. The molecule has 1 N–H and O–H groups in total. The highest BCUT2D eigenvalue weighted by Gasteiger charge is 2.44. The van der Waals surface area contributed by atoms with Gasteiger partial charge in [0.15, 0.2) is 0 Å². The van der Waals surface area contributed by atoms with Crippen LogP contribution >= 0.6 is 11.8 Å². The first-order valence-electron chi connectivity index (χ1n) is 14.7. The van der Waals surface area contributed by atoms with Crippen LogP contribution in [-0.4, -0.2) is 17.0 Å². The van der Waals surface area contributed by atoms with Gasteiger partial charge >= 0.3 is 0 Å². The van der Waals surface area contributed by atoms with E-state index in [0.717, 1.165) is 67.3 Å². The predicted molar refractivity (Wildman–Crippen MR) is 170 cm³/mol. The Labute approximate surface area is 252 Å². The van der Waals surface area contributed by atoms with E-state index in [2.05, 4.69) is 66.8 Å². The zero-order valence-electron chi connectivity index (χ0n) is 24.2. The van der Waals surface area contributed by atoms with Crippen LogP contribution in [0, 0.1) is 0 Å². The van der Waals surface area contributed by atoms with Crippen molar-refractivity contribution in [1.29, 1.82) is 0 Å². The lowest BCUT2D eigenvalue weighted by Gasteiger charge is -2.22. The molecule has 1 unspecified atom stereocenters. The van der Waals surface area contributed by atoms with Crippen molar-refractivity contribution < 1.29 is 19.1 Å². The second kappa shape index (κ2) is 13.8. The van der Waals surface area contributed by atoms with E-state index >= 15 is 0 Å². The second-order valence-corrected chi connectivity index (χ2v) is 11.7. The molecule has 1 heterocycles. The fraction of sp³-hybridized carbons (Fsp3) is 0.278. The van der Waals surface area contributed by atoms with Crippen LogP contribution in [0.15, 0.2) is 97.1 Å². The third-order valence-electron chi connectivity index (χ3n) is 7.61. The molecule has 1 atom stereocenters. The Bertz CT molecular complexity index is 1520. The van der Waals surface area contributed by atoms with Crippen molar-refractivity contribution in [3.63, 3.8) is 0 Å². The summed E-state index contributed by atoms with van der Waals surface area (Å²) in [5, 5.41) is 2.27. The average molecular weight is 580 g/mol. The topological polar surface area (TPSA) is 64.6 Å². The van der Waals surface area contributed by atoms with E-state index in [0.29, 0.717) is 12.4 Å². The summed E-state index contributed by atoms with van der Waals surface area (Å²) in [5.74, 6) is 2.42. The first kappa shape index (κ1) is 29.5. The van der Waals surface area contributed by atoms with E-state index in [1.54, 1.807) is 6.92 Å². The van der Waals surface area contributed by atoms with E-state index in [9.17, 15) is 9.59 Å². The molecule has 1 amide bonds. The minimum atomic E-state index is -1.01. The van der Waals surface area contributed by atoms with Crippen molar-refractivity contribution in [3.8, 4) is 28.4 Å². The van der Waals surface area contributed by atoms with Gasteiger partial charge in [0.2, 0.25) is 5.12 Å². The summed E-state index contributed by atoms with van der Waals surface area (Å²) in [6.45, 7) is 4.55. The number of carbonyl (C=O) groups excluding carboxylic acids is 2. The fourth-order valence-electron chi connectivity index (χ4n) is 5.23. The number of thioether (sulfide) groups is 1. The standard InChI is InChI=1S/C36H37NO4S/c1-3-11-29-24-33(41-31-20-17-28(18-21-31)26-12-6-4-7-13-26)22-19-27(29)14-8-5-9-23-40-32-16-10-15-30(25-32)36(2)34(38)42-35(39)37-36/h4,6-7,10,12-13,15-22,24-25H,3,5,8-9,11,14,23H2,1-2H3,(H,37,39). The first-order valence-corrected chi connectivity index (χ1v) is 15.5. The summed E-state index contributed by atoms with van der Waals surface area (Å²) >= 11 is 0.721. The molecule has 0 aromatic heterocycles. The molecule has 0 aliphatic carbocycles. The van der Waals surface area contributed by atoms with Crippen LogP contribution in [0.5, 0.6) is 17.2 Å². The van der Waals surface area contributed by atoms with Crippen LogP contribution < -0.4 is 14.8 Å². The number of unbranched alkanes of at least 4 members (excludes halogenated alkanes) is 2. The van der Waals surface area contributed by atoms with Gasteiger partial charge in [-0.3, -0.25) is 9.59 Å². The molecular formula is C36H37NO4S.